The van der Waals surface area contributed by atoms with E-state index >= 15 is 0 Å². The highest BCUT2D eigenvalue weighted by Gasteiger charge is 2.46. The van der Waals surface area contributed by atoms with Crippen molar-refractivity contribution in [2.75, 3.05) is 13.1 Å². The lowest BCUT2D eigenvalue weighted by molar-refractivity contribution is -0.0945. The minimum atomic E-state index is -2.42. The second-order valence-electron chi connectivity index (χ2n) is 5.83. The van der Waals surface area contributed by atoms with Crippen LogP contribution in [0, 0.1) is 0 Å². The molecule has 0 radical (unpaired) electrons. The molecule has 19 heavy (non-hydrogen) atoms. The molecule has 1 saturated heterocycles. The highest BCUT2D eigenvalue weighted by Crippen LogP contribution is 2.37. The van der Waals surface area contributed by atoms with Crippen molar-refractivity contribution in [3.63, 3.8) is 0 Å². The summed E-state index contributed by atoms with van der Waals surface area (Å²) in [6.07, 6.45) is 1.10. The van der Waals surface area contributed by atoms with E-state index in [9.17, 15) is 8.78 Å². The van der Waals surface area contributed by atoms with Crippen LogP contribution in [0.25, 0.3) is 0 Å². The van der Waals surface area contributed by atoms with Crippen molar-refractivity contribution in [3.05, 3.63) is 35.9 Å². The molecule has 0 amide bonds. The Bertz CT molecular complexity index is 413. The Morgan fingerprint density at radius 2 is 1.89 bits per heavy atom. The Kier molecular flexibility index (Phi) is 3.54. The van der Waals surface area contributed by atoms with Crippen molar-refractivity contribution in [1.82, 2.24) is 10.2 Å². The smallest absolute Gasteiger partial charge is 0.251 e. The fraction of sp³-hybridized carbons (Fsp3) is 0.600. The van der Waals surface area contributed by atoms with Gasteiger partial charge in [-0.25, -0.2) is 8.78 Å². The van der Waals surface area contributed by atoms with Crippen LogP contribution in [0.4, 0.5) is 8.78 Å². The Labute approximate surface area is 112 Å². The van der Waals surface area contributed by atoms with Gasteiger partial charge >= 0.3 is 0 Å². The molecule has 1 unspecified atom stereocenters. The third-order valence-corrected chi connectivity index (χ3v) is 4.08. The highest BCUT2D eigenvalue weighted by molar-refractivity contribution is 5.14. The lowest BCUT2D eigenvalue weighted by Crippen LogP contribution is -2.52. The summed E-state index contributed by atoms with van der Waals surface area (Å²) in [7, 11) is 0. The Morgan fingerprint density at radius 3 is 2.58 bits per heavy atom. The summed E-state index contributed by atoms with van der Waals surface area (Å²) < 4.78 is 25.6. The van der Waals surface area contributed by atoms with E-state index in [4.69, 9.17) is 0 Å². The minimum absolute atomic E-state index is 0.0161. The SMILES string of the molecule is FC1(F)CC(NC2CCN(Cc3ccccc3)C2)C1. The molecule has 2 aliphatic rings. The fourth-order valence-corrected chi connectivity index (χ4v) is 3.07. The van der Waals surface area contributed by atoms with Gasteiger partial charge in [0.15, 0.2) is 0 Å². The quantitative estimate of drug-likeness (QED) is 0.901. The van der Waals surface area contributed by atoms with Crippen LogP contribution in [-0.2, 0) is 6.54 Å². The molecule has 104 valence electrons. The van der Waals surface area contributed by atoms with E-state index in [0.717, 1.165) is 26.1 Å². The third kappa shape index (κ3) is 3.31. The number of nitrogens with one attached hydrogen (secondary N) is 1. The topological polar surface area (TPSA) is 15.3 Å². The average Bonchev–Trinajstić information content (AvgIpc) is 2.75. The molecule has 0 spiro atoms. The number of hydrogen-bond donors (Lipinski definition) is 1. The van der Waals surface area contributed by atoms with Crippen molar-refractivity contribution < 1.29 is 8.78 Å². The van der Waals surface area contributed by atoms with Crippen molar-refractivity contribution in [2.45, 2.75) is 43.8 Å². The van der Waals surface area contributed by atoms with Crippen LogP contribution in [0.5, 0.6) is 0 Å². The lowest BCUT2D eigenvalue weighted by Gasteiger charge is -2.37. The van der Waals surface area contributed by atoms with Crippen LogP contribution in [0.3, 0.4) is 0 Å². The van der Waals surface area contributed by atoms with E-state index in [1.807, 2.05) is 6.07 Å². The maximum absolute atomic E-state index is 12.8. The van der Waals surface area contributed by atoms with Gasteiger partial charge in [0.25, 0.3) is 5.92 Å². The zero-order valence-corrected chi connectivity index (χ0v) is 11.0. The molecule has 1 aromatic carbocycles. The summed E-state index contributed by atoms with van der Waals surface area (Å²) in [6.45, 7) is 2.98. The monoisotopic (exact) mass is 266 g/mol. The molecule has 1 N–H and O–H groups in total. The van der Waals surface area contributed by atoms with Gasteiger partial charge in [0.2, 0.25) is 0 Å². The minimum Gasteiger partial charge on any atom is -0.309 e. The largest absolute Gasteiger partial charge is 0.309 e. The molecule has 1 aromatic rings. The number of hydrogen-bond acceptors (Lipinski definition) is 2. The van der Waals surface area contributed by atoms with E-state index in [-0.39, 0.29) is 18.9 Å². The molecular formula is C15H20F2N2. The Balaban J connectivity index is 1.43. The predicted molar refractivity (Wildman–Crippen MR) is 71.2 cm³/mol. The summed E-state index contributed by atoms with van der Waals surface area (Å²) in [5.74, 6) is -2.42. The molecule has 1 aliphatic carbocycles. The molecule has 1 heterocycles. The molecular weight excluding hydrogens is 246 g/mol. The van der Waals surface area contributed by atoms with Gasteiger partial charge in [-0.3, -0.25) is 4.90 Å². The van der Waals surface area contributed by atoms with E-state index in [2.05, 4.69) is 34.5 Å². The normalized spacial score (nSPS) is 27.4. The van der Waals surface area contributed by atoms with Crippen LogP contribution in [0.1, 0.15) is 24.8 Å². The van der Waals surface area contributed by atoms with Gasteiger partial charge in [-0.15, -0.1) is 0 Å². The summed E-state index contributed by atoms with van der Waals surface area (Å²) in [4.78, 5) is 2.39. The number of likely N-dealkylation sites (tertiary alicyclic amines) is 1. The first-order valence-corrected chi connectivity index (χ1v) is 7.01. The number of rotatable bonds is 4. The number of benzene rings is 1. The van der Waals surface area contributed by atoms with Crippen molar-refractivity contribution in [3.8, 4) is 0 Å². The summed E-state index contributed by atoms with van der Waals surface area (Å²) >= 11 is 0. The van der Waals surface area contributed by atoms with Crippen molar-refractivity contribution in [2.24, 2.45) is 0 Å². The average molecular weight is 266 g/mol. The fourth-order valence-electron chi connectivity index (χ4n) is 3.07. The highest BCUT2D eigenvalue weighted by atomic mass is 19.3. The maximum Gasteiger partial charge on any atom is 0.251 e. The second-order valence-corrected chi connectivity index (χ2v) is 5.83. The standard InChI is InChI=1S/C15H20F2N2/c16-15(17)8-14(9-15)18-13-6-7-19(11-13)10-12-4-2-1-3-5-12/h1-5,13-14,18H,6-11H2. The molecule has 1 aliphatic heterocycles. The van der Waals surface area contributed by atoms with Gasteiger partial charge in [-0.1, -0.05) is 30.3 Å². The number of nitrogens with zero attached hydrogens (tertiary/aromatic N) is 1. The van der Waals surface area contributed by atoms with Gasteiger partial charge in [-0.05, 0) is 12.0 Å². The molecule has 1 atom stereocenters. The molecule has 4 heteroatoms. The van der Waals surface area contributed by atoms with Gasteiger partial charge in [0, 0.05) is 44.6 Å². The van der Waals surface area contributed by atoms with E-state index in [0.29, 0.717) is 6.04 Å². The van der Waals surface area contributed by atoms with Crippen LogP contribution in [0.15, 0.2) is 30.3 Å². The van der Waals surface area contributed by atoms with Crippen LogP contribution in [0.2, 0.25) is 0 Å². The van der Waals surface area contributed by atoms with Crippen molar-refractivity contribution in [1.29, 1.82) is 0 Å². The molecule has 1 saturated carbocycles. The zero-order valence-electron chi connectivity index (χ0n) is 11.0. The molecule has 3 rings (SSSR count). The van der Waals surface area contributed by atoms with Gasteiger partial charge in [0.05, 0.1) is 0 Å². The second kappa shape index (κ2) is 5.17. The molecule has 0 aromatic heterocycles. The van der Waals surface area contributed by atoms with Crippen molar-refractivity contribution >= 4 is 0 Å². The van der Waals surface area contributed by atoms with Gasteiger partial charge in [-0.2, -0.15) is 0 Å². The Morgan fingerprint density at radius 1 is 1.16 bits per heavy atom. The van der Waals surface area contributed by atoms with Crippen LogP contribution in [-0.4, -0.2) is 36.0 Å². The van der Waals surface area contributed by atoms with E-state index < -0.39 is 5.92 Å². The first-order chi connectivity index (χ1) is 9.11. The summed E-state index contributed by atoms with van der Waals surface area (Å²) in [6, 6.07) is 10.8. The predicted octanol–water partition coefficient (Wildman–Crippen LogP) is 2.65. The van der Waals surface area contributed by atoms with Gasteiger partial charge in [0.1, 0.15) is 0 Å². The van der Waals surface area contributed by atoms with E-state index in [1.165, 1.54) is 5.56 Å². The van der Waals surface area contributed by atoms with Gasteiger partial charge < -0.3 is 5.32 Å². The molecule has 0 bridgehead atoms. The summed E-state index contributed by atoms with van der Waals surface area (Å²) in [5, 5.41) is 3.37. The lowest BCUT2D eigenvalue weighted by atomic mass is 9.87. The maximum atomic E-state index is 12.8. The molecule has 2 fully saturated rings. The first kappa shape index (κ1) is 13.0. The van der Waals surface area contributed by atoms with E-state index in [1.54, 1.807) is 0 Å². The Hall–Kier alpha value is -1.00. The number of halogens is 2. The van der Waals surface area contributed by atoms with Crippen LogP contribution >= 0.6 is 0 Å². The number of alkyl halides is 2. The molecule has 2 nitrogen and oxygen atoms in total. The summed E-state index contributed by atoms with van der Waals surface area (Å²) in [5.41, 5.74) is 1.32. The zero-order chi connectivity index (χ0) is 13.3. The van der Waals surface area contributed by atoms with Crippen LogP contribution < -0.4 is 5.32 Å². The third-order valence-electron chi connectivity index (χ3n) is 4.08. The first-order valence-electron chi connectivity index (χ1n) is 7.01.